The first-order chi connectivity index (χ1) is 12.5. The van der Waals surface area contributed by atoms with E-state index in [9.17, 15) is 9.59 Å². The highest BCUT2D eigenvalue weighted by Crippen LogP contribution is 2.23. The molecule has 0 aliphatic heterocycles. The fraction of sp³-hybridized carbons (Fsp3) is 0. The summed E-state index contributed by atoms with van der Waals surface area (Å²) in [5.74, 6) is 6.25. The lowest BCUT2D eigenvalue weighted by Gasteiger charge is -2.11. The molecule has 5 aromatic rings. The minimum atomic E-state index is -0.149. The van der Waals surface area contributed by atoms with E-state index in [1.165, 1.54) is 4.68 Å². The predicted molar refractivity (Wildman–Crippen MR) is 106 cm³/mol. The van der Waals surface area contributed by atoms with Crippen molar-refractivity contribution in [3.8, 4) is 0 Å². The van der Waals surface area contributed by atoms with Gasteiger partial charge in [0.25, 0.3) is 0 Å². The van der Waals surface area contributed by atoms with Crippen molar-refractivity contribution in [1.29, 1.82) is 0 Å². The van der Waals surface area contributed by atoms with Crippen LogP contribution < -0.4 is 22.4 Å². The number of hydrogen-bond donors (Lipinski definition) is 3. The second-order valence-electron chi connectivity index (χ2n) is 6.39. The van der Waals surface area contributed by atoms with Crippen molar-refractivity contribution in [2.45, 2.75) is 0 Å². The first kappa shape index (κ1) is 14.5. The van der Waals surface area contributed by atoms with Crippen LogP contribution in [0.1, 0.15) is 0 Å². The molecule has 0 amide bonds. The number of fused-ring (bicyclic) bond motifs is 4. The summed E-state index contributed by atoms with van der Waals surface area (Å²) in [6.45, 7) is 0. The number of pyridine rings is 2. The minimum absolute atomic E-state index is 0.113. The molecule has 0 saturated carbocycles. The number of nitrogens with two attached hydrogens (primary N) is 2. The summed E-state index contributed by atoms with van der Waals surface area (Å²) < 4.78 is 1.45. The van der Waals surface area contributed by atoms with Gasteiger partial charge in [0.15, 0.2) is 10.9 Å². The van der Waals surface area contributed by atoms with Gasteiger partial charge in [-0.1, -0.05) is 12.1 Å². The third-order valence-corrected chi connectivity index (χ3v) is 4.85. The molecule has 5 N–H and O–H groups in total. The van der Waals surface area contributed by atoms with E-state index in [-0.39, 0.29) is 10.9 Å². The molecular formula is C20H14N4O2. The Labute approximate surface area is 146 Å². The molecule has 0 spiro atoms. The van der Waals surface area contributed by atoms with Gasteiger partial charge >= 0.3 is 0 Å². The molecular weight excluding hydrogens is 328 g/mol. The highest BCUT2D eigenvalue weighted by Gasteiger charge is 2.13. The molecule has 0 atom stereocenters. The molecule has 5 rings (SSSR count). The molecule has 2 heterocycles. The zero-order valence-electron chi connectivity index (χ0n) is 13.6. The maximum atomic E-state index is 12.9. The standard InChI is InChI=1S/C20H14N4O2/c21-10-5-6-15-12(7-10)20(26)13-9-18-14(8-16(13)23-15)19(25)11-3-1-2-4-17(11)24(18)22/h1-9H,21-22H2,(H,23,26). The van der Waals surface area contributed by atoms with Crippen LogP contribution in [0.15, 0.2) is 64.2 Å². The number of benzene rings is 3. The Hall–Kier alpha value is -3.80. The molecule has 2 aromatic heterocycles. The molecule has 0 unspecified atom stereocenters. The molecule has 0 radical (unpaired) electrons. The molecule has 0 aliphatic carbocycles. The summed E-state index contributed by atoms with van der Waals surface area (Å²) in [6, 6.07) is 15.6. The number of nitrogens with one attached hydrogen (secondary N) is 1. The fourth-order valence-corrected chi connectivity index (χ4v) is 3.56. The highest BCUT2D eigenvalue weighted by molar-refractivity contribution is 6.03. The summed E-state index contributed by atoms with van der Waals surface area (Å²) >= 11 is 0. The monoisotopic (exact) mass is 342 g/mol. The summed E-state index contributed by atoms with van der Waals surface area (Å²) in [5, 5.41) is 1.97. The Morgan fingerprint density at radius 1 is 0.731 bits per heavy atom. The number of aromatic amines is 1. The van der Waals surface area contributed by atoms with Crippen LogP contribution in [-0.4, -0.2) is 9.66 Å². The third-order valence-electron chi connectivity index (χ3n) is 4.85. The summed E-state index contributed by atoms with van der Waals surface area (Å²) in [7, 11) is 0. The van der Waals surface area contributed by atoms with Gasteiger partial charge in [0.05, 0.1) is 21.9 Å². The van der Waals surface area contributed by atoms with Gasteiger partial charge in [-0.3, -0.25) is 14.3 Å². The third kappa shape index (κ3) is 1.81. The maximum absolute atomic E-state index is 12.9. The minimum Gasteiger partial charge on any atom is -0.399 e. The van der Waals surface area contributed by atoms with Gasteiger partial charge in [-0.05, 0) is 42.5 Å². The van der Waals surface area contributed by atoms with Crippen molar-refractivity contribution in [2.24, 2.45) is 0 Å². The molecule has 6 heteroatoms. The number of anilines is 1. The van der Waals surface area contributed by atoms with Crippen LogP contribution in [0.2, 0.25) is 0 Å². The molecule has 0 bridgehead atoms. The molecule has 126 valence electrons. The first-order valence-electron chi connectivity index (χ1n) is 8.12. The van der Waals surface area contributed by atoms with Crippen molar-refractivity contribution in [2.75, 3.05) is 11.6 Å². The number of para-hydroxylation sites is 1. The lowest BCUT2D eigenvalue weighted by atomic mass is 10.0. The summed E-state index contributed by atoms with van der Waals surface area (Å²) in [6.07, 6.45) is 0. The zero-order valence-corrected chi connectivity index (χ0v) is 13.6. The predicted octanol–water partition coefficient (Wildman–Crippen LogP) is 2.45. The van der Waals surface area contributed by atoms with Crippen LogP contribution in [-0.2, 0) is 0 Å². The van der Waals surface area contributed by atoms with Crippen LogP contribution >= 0.6 is 0 Å². The average Bonchev–Trinajstić information content (AvgIpc) is 2.66. The van der Waals surface area contributed by atoms with Crippen molar-refractivity contribution in [3.05, 3.63) is 75.0 Å². The van der Waals surface area contributed by atoms with Crippen molar-refractivity contribution >= 4 is 49.3 Å². The Morgan fingerprint density at radius 3 is 2.31 bits per heavy atom. The molecule has 6 nitrogen and oxygen atoms in total. The molecule has 0 saturated heterocycles. The molecule has 0 fully saturated rings. The zero-order chi connectivity index (χ0) is 18.0. The van der Waals surface area contributed by atoms with E-state index in [0.717, 1.165) is 0 Å². The number of rotatable bonds is 0. The second-order valence-corrected chi connectivity index (χ2v) is 6.39. The lowest BCUT2D eigenvalue weighted by molar-refractivity contribution is 1.10. The fourth-order valence-electron chi connectivity index (χ4n) is 3.56. The van der Waals surface area contributed by atoms with Gasteiger partial charge in [0, 0.05) is 27.4 Å². The van der Waals surface area contributed by atoms with Gasteiger partial charge in [0.2, 0.25) is 0 Å². The smallest absolute Gasteiger partial charge is 0.197 e. The number of nitrogen functional groups attached to an aromatic ring is 2. The maximum Gasteiger partial charge on any atom is 0.197 e. The van der Waals surface area contributed by atoms with E-state index >= 15 is 0 Å². The van der Waals surface area contributed by atoms with E-state index in [1.807, 2.05) is 6.07 Å². The molecule has 3 aromatic carbocycles. The van der Waals surface area contributed by atoms with Crippen LogP contribution in [0.4, 0.5) is 5.69 Å². The molecule has 26 heavy (non-hydrogen) atoms. The topological polar surface area (TPSA) is 107 Å². The SMILES string of the molecule is Nc1ccc2[nH]c3cc4c(=O)c5ccccc5n(N)c4cc3c(=O)c2c1. The quantitative estimate of drug-likeness (QED) is 0.228. The Balaban J connectivity index is 2.06. The van der Waals surface area contributed by atoms with E-state index in [2.05, 4.69) is 4.98 Å². The highest BCUT2D eigenvalue weighted by atomic mass is 16.1. The largest absolute Gasteiger partial charge is 0.399 e. The van der Waals surface area contributed by atoms with Gasteiger partial charge < -0.3 is 16.6 Å². The van der Waals surface area contributed by atoms with Crippen LogP contribution in [0.3, 0.4) is 0 Å². The Bertz CT molecular complexity index is 1500. The van der Waals surface area contributed by atoms with Gasteiger partial charge in [0.1, 0.15) is 0 Å². The second kappa shape index (κ2) is 4.86. The lowest BCUT2D eigenvalue weighted by Crippen LogP contribution is -2.18. The van der Waals surface area contributed by atoms with Crippen molar-refractivity contribution in [1.82, 2.24) is 9.66 Å². The van der Waals surface area contributed by atoms with E-state index < -0.39 is 0 Å². The number of hydrogen-bond acceptors (Lipinski definition) is 4. The summed E-state index contributed by atoms with van der Waals surface area (Å²) in [4.78, 5) is 29.1. The molecule has 0 aliphatic rings. The number of H-pyrrole nitrogens is 1. The number of nitrogens with zero attached hydrogens (tertiary/aromatic N) is 1. The van der Waals surface area contributed by atoms with Gasteiger partial charge in [-0.2, -0.15) is 0 Å². The van der Waals surface area contributed by atoms with E-state index in [4.69, 9.17) is 11.6 Å². The Kier molecular flexibility index (Phi) is 2.72. The van der Waals surface area contributed by atoms with E-state index in [0.29, 0.717) is 49.3 Å². The van der Waals surface area contributed by atoms with Gasteiger partial charge in [-0.25, -0.2) is 0 Å². The van der Waals surface area contributed by atoms with Crippen LogP contribution in [0.25, 0.3) is 43.6 Å². The van der Waals surface area contributed by atoms with Crippen molar-refractivity contribution in [3.63, 3.8) is 0 Å². The first-order valence-corrected chi connectivity index (χ1v) is 8.12. The Morgan fingerprint density at radius 2 is 1.46 bits per heavy atom. The van der Waals surface area contributed by atoms with Crippen LogP contribution in [0, 0.1) is 0 Å². The normalized spacial score (nSPS) is 11.7. The van der Waals surface area contributed by atoms with Crippen LogP contribution in [0.5, 0.6) is 0 Å². The van der Waals surface area contributed by atoms with E-state index in [1.54, 1.807) is 48.5 Å². The average molecular weight is 342 g/mol. The van der Waals surface area contributed by atoms with Crippen molar-refractivity contribution < 1.29 is 0 Å². The summed E-state index contributed by atoms with van der Waals surface area (Å²) in [5.41, 5.74) is 8.46. The number of aromatic nitrogens is 2. The van der Waals surface area contributed by atoms with Gasteiger partial charge in [-0.15, -0.1) is 0 Å².